The Morgan fingerprint density at radius 2 is 1.60 bits per heavy atom. The van der Waals surface area contributed by atoms with Gasteiger partial charge in [0.25, 0.3) is 0 Å². The number of nitrogens with zero attached hydrogens (tertiary/aromatic N) is 2. The Labute approximate surface area is 212 Å². The van der Waals surface area contributed by atoms with Gasteiger partial charge in [0.05, 0.1) is 11.2 Å². The van der Waals surface area contributed by atoms with Crippen molar-refractivity contribution in [1.29, 1.82) is 0 Å². The van der Waals surface area contributed by atoms with Crippen LogP contribution in [0.5, 0.6) is 0 Å². The van der Waals surface area contributed by atoms with Gasteiger partial charge in [0.1, 0.15) is 11.3 Å². The van der Waals surface area contributed by atoms with Crippen LogP contribution >= 0.6 is 11.8 Å². The highest BCUT2D eigenvalue weighted by atomic mass is 32.2. The molecule has 0 amide bonds. The zero-order valence-electron chi connectivity index (χ0n) is 20.6. The average molecular weight is 480 g/mol. The molecule has 0 unspecified atom stereocenters. The summed E-state index contributed by atoms with van der Waals surface area (Å²) in [6.07, 6.45) is 4.78. The number of unbranched alkanes of at least 4 members (excludes halogenated alkanes) is 2. The molecule has 178 valence electrons. The lowest BCUT2D eigenvalue weighted by Gasteiger charge is -2.10. The van der Waals surface area contributed by atoms with Gasteiger partial charge in [-0.05, 0) is 65.8 Å². The Balaban J connectivity index is 1.51. The molecule has 35 heavy (non-hydrogen) atoms. The highest BCUT2D eigenvalue weighted by Gasteiger charge is 2.15. The first-order chi connectivity index (χ1) is 17.3. The van der Waals surface area contributed by atoms with Crippen LogP contribution in [0.4, 0.5) is 11.4 Å². The van der Waals surface area contributed by atoms with Gasteiger partial charge in [0.15, 0.2) is 0 Å². The summed E-state index contributed by atoms with van der Waals surface area (Å²) in [5.74, 6) is 2.22. The van der Waals surface area contributed by atoms with Crippen molar-refractivity contribution >= 4 is 44.9 Å². The molecule has 0 atom stereocenters. The van der Waals surface area contributed by atoms with Crippen LogP contribution in [0.25, 0.3) is 33.2 Å². The van der Waals surface area contributed by atoms with E-state index in [1.165, 1.54) is 45.3 Å². The molecule has 0 spiro atoms. The number of nitrogens with one attached hydrogen (secondary N) is 1. The van der Waals surface area contributed by atoms with E-state index < -0.39 is 0 Å². The van der Waals surface area contributed by atoms with Crippen molar-refractivity contribution in [1.82, 2.24) is 9.55 Å². The fourth-order valence-electron chi connectivity index (χ4n) is 4.47. The number of aromatic nitrogens is 2. The third-order valence-electron chi connectivity index (χ3n) is 6.42. The lowest BCUT2D eigenvalue weighted by atomic mass is 10.1. The molecule has 1 N–H and O–H groups in total. The molecule has 1 aromatic heterocycles. The van der Waals surface area contributed by atoms with Crippen LogP contribution in [-0.2, 0) is 6.54 Å². The summed E-state index contributed by atoms with van der Waals surface area (Å²) in [7, 11) is 0. The van der Waals surface area contributed by atoms with Crippen molar-refractivity contribution in [2.45, 2.75) is 51.0 Å². The second kappa shape index (κ2) is 11.0. The van der Waals surface area contributed by atoms with Gasteiger partial charge in [0.2, 0.25) is 0 Å². The summed E-state index contributed by atoms with van der Waals surface area (Å²) >= 11 is 1.94. The van der Waals surface area contributed by atoms with Gasteiger partial charge in [-0.25, -0.2) is 4.98 Å². The Morgan fingerprint density at radius 3 is 2.40 bits per heavy atom. The first-order valence-electron chi connectivity index (χ1n) is 12.7. The lowest BCUT2D eigenvalue weighted by molar-refractivity contribution is 0.651. The summed E-state index contributed by atoms with van der Waals surface area (Å²) < 4.78 is 2.39. The van der Waals surface area contributed by atoms with E-state index in [-0.39, 0.29) is 0 Å². The molecule has 1 heterocycles. The minimum atomic E-state index is 0.967. The second-order valence-corrected chi connectivity index (χ2v) is 10.2. The maximum Gasteiger partial charge on any atom is 0.141 e. The Hall–Kier alpha value is -3.24. The van der Waals surface area contributed by atoms with Gasteiger partial charge in [-0.2, -0.15) is 0 Å². The summed E-state index contributed by atoms with van der Waals surface area (Å²) in [5.41, 5.74) is 5.50. The van der Waals surface area contributed by atoms with Crippen molar-refractivity contribution in [3.8, 4) is 11.4 Å². The largest absolute Gasteiger partial charge is 0.354 e. The van der Waals surface area contributed by atoms with Gasteiger partial charge in [-0.15, -0.1) is 11.8 Å². The van der Waals surface area contributed by atoms with E-state index in [0.717, 1.165) is 42.1 Å². The van der Waals surface area contributed by atoms with E-state index in [9.17, 15) is 0 Å². The third kappa shape index (κ3) is 5.23. The van der Waals surface area contributed by atoms with E-state index in [0.29, 0.717) is 0 Å². The summed E-state index contributed by atoms with van der Waals surface area (Å²) in [6, 6.07) is 30.4. The number of fused-ring (bicyclic) bond motifs is 2. The number of rotatable bonds is 10. The number of thioether (sulfide) groups is 1. The number of hydrogen-bond acceptors (Lipinski definition) is 3. The van der Waals surface area contributed by atoms with Crippen LogP contribution in [-0.4, -0.2) is 15.3 Å². The Bertz CT molecular complexity index is 1420. The first-order valence-corrected chi connectivity index (χ1v) is 13.7. The van der Waals surface area contributed by atoms with Gasteiger partial charge < -0.3 is 9.88 Å². The zero-order chi connectivity index (χ0) is 24.0. The van der Waals surface area contributed by atoms with E-state index in [1.54, 1.807) is 0 Å². The normalized spacial score (nSPS) is 11.4. The second-order valence-electron chi connectivity index (χ2n) is 9.03. The quantitative estimate of drug-likeness (QED) is 0.160. The van der Waals surface area contributed by atoms with Gasteiger partial charge >= 0.3 is 0 Å². The molecular formula is C31H33N3S. The average Bonchev–Trinajstić information content (AvgIpc) is 3.27. The van der Waals surface area contributed by atoms with Crippen molar-refractivity contribution in [2.75, 3.05) is 11.1 Å². The highest BCUT2D eigenvalue weighted by molar-refractivity contribution is 7.99. The molecule has 0 saturated carbocycles. The predicted molar refractivity (Wildman–Crippen MR) is 153 cm³/mol. The van der Waals surface area contributed by atoms with E-state index in [2.05, 4.69) is 109 Å². The summed E-state index contributed by atoms with van der Waals surface area (Å²) in [6.45, 7) is 5.45. The Morgan fingerprint density at radius 1 is 0.800 bits per heavy atom. The van der Waals surface area contributed by atoms with E-state index in [1.807, 2.05) is 11.8 Å². The SMILES string of the molecule is CCCCSc1ccc(-c2nc3c(Nc4ccc5ccccc5c4)cccc3n2CCCC)cc1. The number of benzene rings is 4. The van der Waals surface area contributed by atoms with Crippen molar-refractivity contribution < 1.29 is 0 Å². The molecule has 4 heteroatoms. The highest BCUT2D eigenvalue weighted by Crippen LogP contribution is 2.33. The van der Waals surface area contributed by atoms with Crippen LogP contribution in [0.3, 0.4) is 0 Å². The Kier molecular flexibility index (Phi) is 7.39. The standard InChI is InChI=1S/C31H33N3S/c1-3-5-20-34-29-13-9-12-28(32-26-17-14-23-10-7-8-11-25(23)22-26)30(29)33-31(34)24-15-18-27(19-16-24)35-21-6-4-2/h7-19,22,32H,3-6,20-21H2,1-2H3. The molecule has 5 aromatic rings. The van der Waals surface area contributed by atoms with Gasteiger partial charge in [-0.3, -0.25) is 0 Å². The van der Waals surface area contributed by atoms with Crippen LogP contribution in [0.15, 0.2) is 89.8 Å². The molecule has 0 radical (unpaired) electrons. The molecule has 0 aliphatic rings. The molecule has 0 aliphatic heterocycles. The molecule has 0 fully saturated rings. The van der Waals surface area contributed by atoms with Crippen LogP contribution in [0.2, 0.25) is 0 Å². The molecule has 0 saturated heterocycles. The van der Waals surface area contributed by atoms with E-state index in [4.69, 9.17) is 4.98 Å². The number of anilines is 2. The minimum Gasteiger partial charge on any atom is -0.354 e. The third-order valence-corrected chi connectivity index (χ3v) is 7.52. The maximum atomic E-state index is 5.19. The molecule has 4 aromatic carbocycles. The number of para-hydroxylation sites is 1. The monoisotopic (exact) mass is 479 g/mol. The number of imidazole rings is 1. The molecule has 0 bridgehead atoms. The zero-order valence-corrected chi connectivity index (χ0v) is 21.4. The van der Waals surface area contributed by atoms with Crippen molar-refractivity contribution in [2.24, 2.45) is 0 Å². The maximum absolute atomic E-state index is 5.19. The molecule has 3 nitrogen and oxygen atoms in total. The molecule has 0 aliphatic carbocycles. The van der Waals surface area contributed by atoms with Gasteiger partial charge in [0, 0.05) is 22.7 Å². The minimum absolute atomic E-state index is 0.967. The van der Waals surface area contributed by atoms with Crippen molar-refractivity contribution in [3.63, 3.8) is 0 Å². The van der Waals surface area contributed by atoms with E-state index >= 15 is 0 Å². The van der Waals surface area contributed by atoms with Gasteiger partial charge in [-0.1, -0.05) is 75.2 Å². The van der Waals surface area contributed by atoms with Crippen LogP contribution < -0.4 is 5.32 Å². The fourth-order valence-corrected chi connectivity index (χ4v) is 5.47. The van der Waals surface area contributed by atoms with Crippen LogP contribution in [0, 0.1) is 0 Å². The molecular weight excluding hydrogens is 446 g/mol. The number of aryl methyl sites for hydroxylation is 1. The first kappa shape index (κ1) is 23.5. The summed E-state index contributed by atoms with van der Waals surface area (Å²) in [4.78, 5) is 6.52. The topological polar surface area (TPSA) is 29.9 Å². The fraction of sp³-hybridized carbons (Fsp3) is 0.258. The number of hydrogen-bond donors (Lipinski definition) is 1. The van der Waals surface area contributed by atoms with Crippen molar-refractivity contribution in [3.05, 3.63) is 84.9 Å². The summed E-state index contributed by atoms with van der Waals surface area (Å²) in [5, 5.41) is 6.13. The smallest absolute Gasteiger partial charge is 0.141 e. The predicted octanol–water partition coefficient (Wildman–Crippen LogP) is 9.29. The molecule has 5 rings (SSSR count). The lowest BCUT2D eigenvalue weighted by Crippen LogP contribution is -2.00. The van der Waals surface area contributed by atoms with Crippen LogP contribution in [0.1, 0.15) is 39.5 Å².